The Bertz CT molecular complexity index is 1290. The smallest absolute Gasteiger partial charge is 0.416 e. The Labute approximate surface area is 239 Å². The highest BCUT2D eigenvalue weighted by atomic mass is 79.9. The molecule has 2 aromatic rings. The Morgan fingerprint density at radius 1 is 1.00 bits per heavy atom. The van der Waals surface area contributed by atoms with Crippen molar-refractivity contribution in [2.75, 3.05) is 19.6 Å². The summed E-state index contributed by atoms with van der Waals surface area (Å²) < 4.78 is 85.3. The van der Waals surface area contributed by atoms with Gasteiger partial charge >= 0.3 is 18.4 Å². The average Bonchev–Trinajstić information content (AvgIpc) is 2.88. The van der Waals surface area contributed by atoms with E-state index in [1.54, 1.807) is 24.3 Å². The number of hydrogen-bond acceptors (Lipinski definition) is 5. The molecule has 2 aliphatic rings. The summed E-state index contributed by atoms with van der Waals surface area (Å²) in [7, 11) is 0. The van der Waals surface area contributed by atoms with Crippen LogP contribution in [0.5, 0.6) is 0 Å². The molecule has 2 aliphatic heterocycles. The summed E-state index contributed by atoms with van der Waals surface area (Å²) >= 11 is 3.37. The number of fused-ring (bicyclic) bond motifs is 1. The number of alkyl halides is 6. The summed E-state index contributed by atoms with van der Waals surface area (Å²) in [5.74, 6) is -0.750. The fourth-order valence-electron chi connectivity index (χ4n) is 4.96. The van der Waals surface area contributed by atoms with Crippen LogP contribution in [0.3, 0.4) is 0 Å². The molecule has 2 fully saturated rings. The van der Waals surface area contributed by atoms with Crippen LogP contribution in [0.2, 0.25) is 0 Å². The zero-order valence-electron chi connectivity index (χ0n) is 21.3. The summed E-state index contributed by atoms with van der Waals surface area (Å²) in [6, 6.07) is 7.16. The Kier molecular flexibility index (Phi) is 8.87. The topological polar surface area (TPSA) is 96.2 Å². The lowest BCUT2D eigenvalue weighted by atomic mass is 10.0. The lowest BCUT2D eigenvalue weighted by molar-refractivity contribution is -0.168. The number of carbonyl (C=O) groups excluding carboxylic acids is 3. The fraction of sp³-hybridized carbons (Fsp3) is 0.423. The fourth-order valence-corrected chi connectivity index (χ4v) is 5.40. The lowest BCUT2D eigenvalue weighted by Gasteiger charge is -2.51. The van der Waals surface area contributed by atoms with E-state index < -0.39 is 54.0 Å². The second kappa shape index (κ2) is 11.9. The van der Waals surface area contributed by atoms with Crippen LogP contribution < -0.4 is 5.73 Å². The predicted octanol–water partition coefficient (Wildman–Crippen LogP) is 4.74. The maximum Gasteiger partial charge on any atom is 0.416 e. The van der Waals surface area contributed by atoms with E-state index in [1.807, 2.05) is 0 Å². The van der Waals surface area contributed by atoms with Gasteiger partial charge in [-0.1, -0.05) is 28.1 Å². The van der Waals surface area contributed by atoms with Gasteiger partial charge in [-0.15, -0.1) is 0 Å². The van der Waals surface area contributed by atoms with Crippen LogP contribution >= 0.6 is 15.9 Å². The number of rotatable bonds is 6. The van der Waals surface area contributed by atoms with E-state index in [-0.39, 0.29) is 56.9 Å². The number of benzene rings is 2. The van der Waals surface area contributed by atoms with Gasteiger partial charge in [-0.2, -0.15) is 26.3 Å². The number of nitrogens with zero attached hydrogens (tertiary/aromatic N) is 3. The van der Waals surface area contributed by atoms with Gasteiger partial charge in [-0.05, 0) is 54.4 Å². The second-order valence-electron chi connectivity index (χ2n) is 9.64. The van der Waals surface area contributed by atoms with Gasteiger partial charge in [0.2, 0.25) is 11.8 Å². The number of halogens is 7. The molecule has 0 aromatic heterocycles. The third-order valence-corrected chi connectivity index (χ3v) is 7.29. The van der Waals surface area contributed by atoms with Crippen LogP contribution in [-0.2, 0) is 39.8 Å². The van der Waals surface area contributed by atoms with Gasteiger partial charge in [0.25, 0.3) is 0 Å². The predicted molar refractivity (Wildman–Crippen MR) is 136 cm³/mol. The van der Waals surface area contributed by atoms with Crippen LogP contribution in [-0.4, -0.2) is 64.4 Å². The molecule has 4 rings (SSSR count). The molecule has 0 bridgehead atoms. The highest BCUT2D eigenvalue weighted by Gasteiger charge is 2.49. The molecule has 2 aromatic carbocycles. The average molecular weight is 651 g/mol. The van der Waals surface area contributed by atoms with Crippen molar-refractivity contribution < 1.29 is 45.5 Å². The van der Waals surface area contributed by atoms with E-state index in [1.165, 1.54) is 9.80 Å². The maximum atomic E-state index is 13.4. The molecular weight excluding hydrogens is 626 g/mol. The first-order valence-electron chi connectivity index (χ1n) is 12.4. The molecule has 3 amide bonds. The van der Waals surface area contributed by atoms with Crippen molar-refractivity contribution in [1.82, 2.24) is 14.7 Å². The second-order valence-corrected chi connectivity index (χ2v) is 10.6. The minimum absolute atomic E-state index is 0.0179. The minimum Gasteiger partial charge on any atom is -0.444 e. The first-order valence-corrected chi connectivity index (χ1v) is 13.2. The number of hydrogen-bond donors (Lipinski definition) is 1. The zero-order valence-corrected chi connectivity index (χ0v) is 22.9. The standard InChI is InChI=1S/C26H25BrF6N4O4/c27-19-3-1-2-15(10-19)12-35-13-21-36(7-5-22(38)37(21)20(4-6-34)23(35)39)24(40)41-14-16-8-17(25(28,29)30)11-18(9-16)26(31,32)33/h1-3,8-11,20-21H,4-7,12-14,34H2/t20-,21+/m0/s1. The molecule has 15 heteroatoms. The molecule has 2 N–H and O–H groups in total. The summed E-state index contributed by atoms with van der Waals surface area (Å²) in [4.78, 5) is 43.3. The van der Waals surface area contributed by atoms with E-state index in [9.17, 15) is 40.7 Å². The number of carbonyl (C=O) groups is 3. The molecule has 8 nitrogen and oxygen atoms in total. The maximum absolute atomic E-state index is 13.4. The highest BCUT2D eigenvalue weighted by Crippen LogP contribution is 2.37. The van der Waals surface area contributed by atoms with Crippen molar-refractivity contribution in [2.24, 2.45) is 5.73 Å². The Balaban J connectivity index is 1.57. The zero-order chi connectivity index (χ0) is 30.1. The molecule has 0 radical (unpaired) electrons. The third kappa shape index (κ3) is 6.94. The van der Waals surface area contributed by atoms with Gasteiger partial charge in [-0.25, -0.2) is 4.79 Å². The molecule has 0 unspecified atom stereocenters. The van der Waals surface area contributed by atoms with Crippen molar-refractivity contribution in [3.8, 4) is 0 Å². The summed E-state index contributed by atoms with van der Waals surface area (Å²) in [6.07, 6.45) is -12.2. The molecule has 2 saturated heterocycles. The summed E-state index contributed by atoms with van der Waals surface area (Å²) in [6.45, 7) is -0.862. The van der Waals surface area contributed by atoms with Crippen molar-refractivity contribution in [1.29, 1.82) is 0 Å². The Hall–Kier alpha value is -3.33. The SMILES string of the molecule is NCC[C@H]1C(=O)N(Cc2cccc(Br)c2)C[C@@H]2N(C(=O)OCc3cc(C(F)(F)F)cc(C(F)(F)F)c3)CCC(=O)N21. The van der Waals surface area contributed by atoms with Crippen molar-refractivity contribution in [3.63, 3.8) is 0 Å². The van der Waals surface area contributed by atoms with E-state index in [2.05, 4.69) is 15.9 Å². The van der Waals surface area contributed by atoms with E-state index in [0.29, 0.717) is 12.1 Å². The number of ether oxygens (including phenoxy) is 1. The number of piperazine rings is 1. The third-order valence-electron chi connectivity index (χ3n) is 6.80. The van der Waals surface area contributed by atoms with Crippen LogP contribution in [0.1, 0.15) is 35.1 Å². The largest absolute Gasteiger partial charge is 0.444 e. The van der Waals surface area contributed by atoms with E-state index in [4.69, 9.17) is 10.5 Å². The van der Waals surface area contributed by atoms with Crippen molar-refractivity contribution in [2.45, 2.75) is 50.6 Å². The molecule has 0 aliphatic carbocycles. The normalized spacial score (nSPS) is 19.9. The quantitative estimate of drug-likeness (QED) is 0.456. The Morgan fingerprint density at radius 3 is 2.24 bits per heavy atom. The number of amides is 3. The van der Waals surface area contributed by atoms with Gasteiger partial charge in [0, 0.05) is 24.0 Å². The van der Waals surface area contributed by atoms with Crippen LogP contribution in [0.25, 0.3) is 0 Å². The molecule has 41 heavy (non-hydrogen) atoms. The molecule has 2 heterocycles. The van der Waals surface area contributed by atoms with Crippen LogP contribution in [0.4, 0.5) is 31.1 Å². The molecule has 2 atom stereocenters. The van der Waals surface area contributed by atoms with Gasteiger partial charge in [0.1, 0.15) is 18.8 Å². The molecule has 0 saturated carbocycles. The highest BCUT2D eigenvalue weighted by molar-refractivity contribution is 9.10. The lowest BCUT2D eigenvalue weighted by Crippen LogP contribution is -2.71. The summed E-state index contributed by atoms with van der Waals surface area (Å²) in [5, 5.41) is 0. The monoisotopic (exact) mass is 650 g/mol. The van der Waals surface area contributed by atoms with Crippen LogP contribution in [0, 0.1) is 0 Å². The van der Waals surface area contributed by atoms with Gasteiger partial charge in [-0.3, -0.25) is 14.5 Å². The van der Waals surface area contributed by atoms with Crippen molar-refractivity contribution >= 4 is 33.8 Å². The van der Waals surface area contributed by atoms with Gasteiger partial charge in [0.05, 0.1) is 17.7 Å². The van der Waals surface area contributed by atoms with Gasteiger partial charge < -0.3 is 20.3 Å². The van der Waals surface area contributed by atoms with E-state index in [0.717, 1.165) is 14.9 Å². The van der Waals surface area contributed by atoms with Crippen LogP contribution in [0.15, 0.2) is 46.9 Å². The molecule has 0 spiro atoms. The first-order chi connectivity index (χ1) is 19.2. The summed E-state index contributed by atoms with van der Waals surface area (Å²) in [5.41, 5.74) is 2.91. The first kappa shape index (κ1) is 30.6. The number of nitrogens with two attached hydrogens (primary N) is 1. The minimum atomic E-state index is -5.06. The van der Waals surface area contributed by atoms with Crippen molar-refractivity contribution in [3.05, 3.63) is 69.2 Å². The molecule has 222 valence electrons. The van der Waals surface area contributed by atoms with Gasteiger partial charge in [0.15, 0.2) is 0 Å². The molecular formula is C26H25BrF6N4O4. The Morgan fingerprint density at radius 2 is 1.66 bits per heavy atom. The van der Waals surface area contributed by atoms with E-state index >= 15 is 0 Å².